The molecule has 2 aromatic rings. The van der Waals surface area contributed by atoms with Gasteiger partial charge in [-0.1, -0.05) is 0 Å². The second-order valence-corrected chi connectivity index (χ2v) is 5.29. The summed E-state index contributed by atoms with van der Waals surface area (Å²) in [6.07, 6.45) is 0. The molecule has 5 nitrogen and oxygen atoms in total. The number of piperazine rings is 1. The highest BCUT2D eigenvalue weighted by atomic mass is 16.4. The van der Waals surface area contributed by atoms with Gasteiger partial charge in [0, 0.05) is 49.7 Å². The molecule has 1 aliphatic heterocycles. The van der Waals surface area contributed by atoms with Gasteiger partial charge in [0.2, 0.25) is 0 Å². The summed E-state index contributed by atoms with van der Waals surface area (Å²) in [7, 11) is 0. The molecule has 5 heteroatoms. The van der Waals surface area contributed by atoms with Crippen molar-refractivity contribution in [3.05, 3.63) is 40.2 Å². The Balaban J connectivity index is 2.00. The van der Waals surface area contributed by atoms with E-state index in [1.807, 2.05) is 0 Å². The fourth-order valence-corrected chi connectivity index (χ4v) is 2.69. The molecule has 3 rings (SSSR count). The predicted octanol–water partition coefficient (Wildman–Crippen LogP) is 1.29. The number of nitrogens with one attached hydrogen (secondary N) is 1. The van der Waals surface area contributed by atoms with Crippen molar-refractivity contribution in [3.63, 3.8) is 0 Å². The van der Waals surface area contributed by atoms with Gasteiger partial charge in [0.1, 0.15) is 11.3 Å². The van der Waals surface area contributed by atoms with Crippen LogP contribution in [0, 0.1) is 0 Å². The largest absolute Gasteiger partial charge is 0.508 e. The number of hydrogen-bond donors (Lipinski definition) is 2. The molecule has 1 fully saturated rings. The average molecular weight is 274 g/mol. The smallest absolute Gasteiger partial charge is 0.336 e. The van der Waals surface area contributed by atoms with E-state index in [9.17, 15) is 9.90 Å². The fraction of sp³-hybridized carbons (Fsp3) is 0.400. The molecule has 1 aliphatic rings. The molecule has 1 aromatic heterocycles. The van der Waals surface area contributed by atoms with E-state index < -0.39 is 0 Å². The third kappa shape index (κ3) is 2.55. The van der Waals surface area contributed by atoms with Crippen LogP contribution in [-0.2, 0) is 6.54 Å². The lowest BCUT2D eigenvalue weighted by Gasteiger charge is -2.34. The molecule has 1 atom stereocenters. The SMILES string of the molecule is C[C@H]1CNCCN1Cc1cc(=O)oc2cc(O)ccc12. The minimum Gasteiger partial charge on any atom is -0.508 e. The number of phenolic OH excluding ortho intramolecular Hbond substituents is 1. The number of nitrogens with zero attached hydrogens (tertiary/aromatic N) is 1. The minimum absolute atomic E-state index is 0.105. The molecule has 1 aromatic carbocycles. The summed E-state index contributed by atoms with van der Waals surface area (Å²) < 4.78 is 5.15. The normalized spacial score (nSPS) is 20.4. The highest BCUT2D eigenvalue weighted by Crippen LogP contribution is 2.23. The molecule has 0 amide bonds. The Kier molecular flexibility index (Phi) is 3.46. The van der Waals surface area contributed by atoms with Crippen molar-refractivity contribution < 1.29 is 9.52 Å². The second kappa shape index (κ2) is 5.26. The molecule has 2 N–H and O–H groups in total. The van der Waals surface area contributed by atoms with Crippen LogP contribution >= 0.6 is 0 Å². The van der Waals surface area contributed by atoms with Gasteiger partial charge in [-0.2, -0.15) is 0 Å². The Morgan fingerprint density at radius 1 is 1.45 bits per heavy atom. The quantitative estimate of drug-likeness (QED) is 0.808. The van der Waals surface area contributed by atoms with E-state index in [0.29, 0.717) is 11.6 Å². The van der Waals surface area contributed by atoms with E-state index >= 15 is 0 Å². The molecule has 0 radical (unpaired) electrons. The van der Waals surface area contributed by atoms with Crippen molar-refractivity contribution >= 4 is 11.0 Å². The van der Waals surface area contributed by atoms with Crippen molar-refractivity contribution in [2.24, 2.45) is 0 Å². The molecule has 0 saturated carbocycles. The van der Waals surface area contributed by atoms with Crippen molar-refractivity contribution in [2.45, 2.75) is 19.5 Å². The maximum atomic E-state index is 11.7. The number of rotatable bonds is 2. The van der Waals surface area contributed by atoms with Crippen LogP contribution in [-0.4, -0.2) is 35.7 Å². The zero-order valence-corrected chi connectivity index (χ0v) is 11.4. The van der Waals surface area contributed by atoms with Crippen LogP contribution in [0.4, 0.5) is 0 Å². The van der Waals surface area contributed by atoms with Gasteiger partial charge in [0.05, 0.1) is 0 Å². The highest BCUT2D eigenvalue weighted by Gasteiger charge is 2.19. The zero-order chi connectivity index (χ0) is 14.1. The summed E-state index contributed by atoms with van der Waals surface area (Å²) in [6.45, 7) is 5.77. The maximum Gasteiger partial charge on any atom is 0.336 e. The number of fused-ring (bicyclic) bond motifs is 1. The van der Waals surface area contributed by atoms with Crippen LogP contribution in [0.1, 0.15) is 12.5 Å². The van der Waals surface area contributed by atoms with Gasteiger partial charge in [-0.05, 0) is 24.6 Å². The van der Waals surface area contributed by atoms with Crippen LogP contribution in [0.3, 0.4) is 0 Å². The molecular weight excluding hydrogens is 256 g/mol. The van der Waals surface area contributed by atoms with Gasteiger partial charge in [-0.15, -0.1) is 0 Å². The summed E-state index contributed by atoms with van der Waals surface area (Å²) in [4.78, 5) is 14.0. The van der Waals surface area contributed by atoms with Gasteiger partial charge in [0.25, 0.3) is 0 Å². The molecule has 0 aliphatic carbocycles. The van der Waals surface area contributed by atoms with Crippen LogP contribution in [0.15, 0.2) is 33.5 Å². The third-order valence-electron chi connectivity index (χ3n) is 3.83. The predicted molar refractivity (Wildman–Crippen MR) is 76.9 cm³/mol. The lowest BCUT2D eigenvalue weighted by atomic mass is 10.1. The first-order valence-corrected chi connectivity index (χ1v) is 6.84. The van der Waals surface area contributed by atoms with Crippen LogP contribution < -0.4 is 10.9 Å². The average Bonchev–Trinajstić information content (AvgIpc) is 2.40. The minimum atomic E-state index is -0.374. The lowest BCUT2D eigenvalue weighted by molar-refractivity contribution is 0.166. The van der Waals surface area contributed by atoms with Gasteiger partial charge >= 0.3 is 5.63 Å². The molecule has 1 saturated heterocycles. The van der Waals surface area contributed by atoms with Gasteiger partial charge < -0.3 is 14.8 Å². The van der Waals surface area contributed by atoms with Gasteiger partial charge in [-0.25, -0.2) is 4.79 Å². The molecule has 0 bridgehead atoms. The van der Waals surface area contributed by atoms with Crippen molar-refractivity contribution in [3.8, 4) is 5.75 Å². The molecular formula is C15H18N2O3. The molecule has 106 valence electrons. The standard InChI is InChI=1S/C15H18N2O3/c1-10-8-16-4-5-17(10)9-11-6-15(19)20-14-7-12(18)2-3-13(11)14/h2-3,6-7,10,16,18H,4-5,8-9H2,1H3/t10-/m0/s1. The van der Waals surface area contributed by atoms with Crippen molar-refractivity contribution in [1.29, 1.82) is 0 Å². The molecule has 20 heavy (non-hydrogen) atoms. The van der Waals surface area contributed by atoms with Crippen LogP contribution in [0.25, 0.3) is 11.0 Å². The summed E-state index contributed by atoms with van der Waals surface area (Å²) in [5.74, 6) is 0.105. The van der Waals surface area contributed by atoms with Crippen LogP contribution in [0.2, 0.25) is 0 Å². The number of aromatic hydroxyl groups is 1. The summed E-state index contributed by atoms with van der Waals surface area (Å²) in [5.41, 5.74) is 1.01. The maximum absolute atomic E-state index is 11.7. The molecule has 0 unspecified atom stereocenters. The number of phenols is 1. The van der Waals surface area contributed by atoms with E-state index in [0.717, 1.165) is 37.1 Å². The highest BCUT2D eigenvalue weighted by molar-refractivity contribution is 5.81. The Morgan fingerprint density at radius 3 is 3.10 bits per heavy atom. The van der Waals surface area contributed by atoms with Gasteiger partial charge in [0.15, 0.2) is 0 Å². The van der Waals surface area contributed by atoms with Gasteiger partial charge in [-0.3, -0.25) is 4.90 Å². The van der Waals surface area contributed by atoms with E-state index in [1.54, 1.807) is 18.2 Å². The van der Waals surface area contributed by atoms with E-state index in [-0.39, 0.29) is 11.4 Å². The first-order chi connectivity index (χ1) is 9.63. The Hall–Kier alpha value is -1.85. The monoisotopic (exact) mass is 274 g/mol. The fourth-order valence-electron chi connectivity index (χ4n) is 2.69. The number of hydrogen-bond acceptors (Lipinski definition) is 5. The Labute approximate surface area is 116 Å². The second-order valence-electron chi connectivity index (χ2n) is 5.29. The summed E-state index contributed by atoms with van der Waals surface area (Å²) in [5, 5.41) is 13.7. The number of benzene rings is 1. The van der Waals surface area contributed by atoms with Crippen molar-refractivity contribution in [1.82, 2.24) is 10.2 Å². The topological polar surface area (TPSA) is 65.7 Å². The third-order valence-corrected chi connectivity index (χ3v) is 3.83. The van der Waals surface area contributed by atoms with E-state index in [4.69, 9.17) is 4.42 Å². The Bertz CT molecular complexity index is 680. The molecule has 0 spiro atoms. The molecule has 2 heterocycles. The van der Waals surface area contributed by atoms with Crippen LogP contribution in [0.5, 0.6) is 5.75 Å². The van der Waals surface area contributed by atoms with E-state index in [1.165, 1.54) is 6.07 Å². The zero-order valence-electron chi connectivity index (χ0n) is 11.4. The summed E-state index contributed by atoms with van der Waals surface area (Å²) in [6, 6.07) is 6.89. The first kappa shape index (κ1) is 13.1. The first-order valence-electron chi connectivity index (χ1n) is 6.84. The Morgan fingerprint density at radius 2 is 2.30 bits per heavy atom. The van der Waals surface area contributed by atoms with E-state index in [2.05, 4.69) is 17.1 Å². The lowest BCUT2D eigenvalue weighted by Crippen LogP contribution is -2.49. The van der Waals surface area contributed by atoms with Crippen molar-refractivity contribution in [2.75, 3.05) is 19.6 Å². The summed E-state index contributed by atoms with van der Waals surface area (Å²) >= 11 is 0.